The molecule has 0 fully saturated rings. The third-order valence-electron chi connectivity index (χ3n) is 2.60. The van der Waals surface area contributed by atoms with Crippen LogP contribution < -0.4 is 4.87 Å². The highest BCUT2D eigenvalue weighted by Crippen LogP contribution is 2.32. The zero-order valence-corrected chi connectivity index (χ0v) is 10.3. The van der Waals surface area contributed by atoms with E-state index in [2.05, 4.69) is 37.9 Å². The van der Waals surface area contributed by atoms with Gasteiger partial charge in [-0.1, -0.05) is 44.2 Å². The summed E-state index contributed by atoms with van der Waals surface area (Å²) in [5, 5.41) is 0. The Labute approximate surface area is 93.0 Å². The molecule has 0 unspecified atom stereocenters. The van der Waals surface area contributed by atoms with E-state index in [0.29, 0.717) is 0 Å². The van der Waals surface area contributed by atoms with Crippen molar-refractivity contribution in [3.8, 4) is 0 Å². The van der Waals surface area contributed by atoms with Gasteiger partial charge in [-0.15, -0.1) is 0 Å². The summed E-state index contributed by atoms with van der Waals surface area (Å²) in [7, 11) is 0. The van der Waals surface area contributed by atoms with Crippen molar-refractivity contribution in [1.29, 1.82) is 0 Å². The zero-order valence-electron chi connectivity index (χ0n) is 9.47. The molecule has 3 heteroatoms. The first-order valence-electron chi connectivity index (χ1n) is 5.02. The van der Waals surface area contributed by atoms with Gasteiger partial charge in [0.25, 0.3) is 0 Å². The lowest BCUT2D eigenvalue weighted by atomic mass is 9.86. The topological polar surface area (TPSA) is 32.9 Å². The van der Waals surface area contributed by atoms with Gasteiger partial charge in [0.05, 0.1) is 10.2 Å². The minimum atomic E-state index is 0.0322. The molecular weight excluding hydrogens is 206 g/mol. The average molecular weight is 221 g/mol. The standard InChI is InChI=1S/C12H15NOS/c1-7-5-6-8(12(2,3)4)10-9(7)13-11(14)15-10/h5-6H,1-4H3,(H,13,14). The number of aromatic amines is 1. The molecule has 0 bridgehead atoms. The Kier molecular flexibility index (Phi) is 2.23. The SMILES string of the molecule is Cc1ccc(C(C)(C)C)c2sc(=O)[nH]c12. The van der Waals surface area contributed by atoms with Crippen LogP contribution in [0.25, 0.3) is 10.2 Å². The molecule has 0 aliphatic rings. The van der Waals surface area contributed by atoms with Crippen molar-refractivity contribution < 1.29 is 0 Å². The third kappa shape index (κ3) is 1.72. The fourth-order valence-corrected chi connectivity index (χ4v) is 2.89. The summed E-state index contributed by atoms with van der Waals surface area (Å²) >= 11 is 1.31. The normalized spacial score (nSPS) is 12.3. The summed E-state index contributed by atoms with van der Waals surface area (Å²) in [4.78, 5) is 14.3. The van der Waals surface area contributed by atoms with E-state index >= 15 is 0 Å². The molecule has 0 aliphatic carbocycles. The van der Waals surface area contributed by atoms with Gasteiger partial charge in [-0.05, 0) is 23.5 Å². The number of hydrogen-bond donors (Lipinski definition) is 1. The number of nitrogens with one attached hydrogen (secondary N) is 1. The molecule has 1 aromatic carbocycles. The number of rotatable bonds is 0. The first-order chi connectivity index (χ1) is 6.89. The summed E-state index contributed by atoms with van der Waals surface area (Å²) in [5.74, 6) is 0. The van der Waals surface area contributed by atoms with Crippen LogP contribution in [0.4, 0.5) is 0 Å². The van der Waals surface area contributed by atoms with E-state index in [-0.39, 0.29) is 10.3 Å². The van der Waals surface area contributed by atoms with Gasteiger partial charge >= 0.3 is 4.87 Å². The molecule has 0 saturated carbocycles. The Hall–Kier alpha value is -1.09. The first kappa shape index (κ1) is 10.4. The maximum absolute atomic E-state index is 11.4. The molecule has 0 aliphatic heterocycles. The van der Waals surface area contributed by atoms with E-state index < -0.39 is 0 Å². The monoisotopic (exact) mass is 221 g/mol. The molecule has 0 spiro atoms. The van der Waals surface area contributed by atoms with Crippen molar-refractivity contribution in [2.45, 2.75) is 33.1 Å². The van der Waals surface area contributed by atoms with Crippen molar-refractivity contribution in [1.82, 2.24) is 4.98 Å². The van der Waals surface area contributed by atoms with Gasteiger partial charge in [0.1, 0.15) is 0 Å². The van der Waals surface area contributed by atoms with Crippen LogP contribution in [0.5, 0.6) is 0 Å². The van der Waals surface area contributed by atoms with Gasteiger partial charge in [0.15, 0.2) is 0 Å². The van der Waals surface area contributed by atoms with Crippen LogP contribution in [0.3, 0.4) is 0 Å². The van der Waals surface area contributed by atoms with Crippen molar-refractivity contribution in [2.24, 2.45) is 0 Å². The van der Waals surface area contributed by atoms with Gasteiger partial charge in [0, 0.05) is 0 Å². The van der Waals surface area contributed by atoms with Gasteiger partial charge in [0.2, 0.25) is 0 Å². The van der Waals surface area contributed by atoms with Crippen molar-refractivity contribution >= 4 is 21.6 Å². The average Bonchev–Trinajstić information content (AvgIpc) is 2.45. The number of hydrogen-bond acceptors (Lipinski definition) is 2. The molecule has 0 amide bonds. The van der Waals surface area contributed by atoms with Gasteiger partial charge in [-0.25, -0.2) is 0 Å². The minimum absolute atomic E-state index is 0.0322. The van der Waals surface area contributed by atoms with Crippen molar-refractivity contribution in [2.75, 3.05) is 0 Å². The molecule has 1 aromatic heterocycles. The molecule has 1 N–H and O–H groups in total. The van der Waals surface area contributed by atoms with E-state index in [4.69, 9.17) is 0 Å². The second kappa shape index (κ2) is 3.20. The van der Waals surface area contributed by atoms with Crippen LogP contribution in [-0.2, 0) is 5.41 Å². The number of aromatic nitrogens is 1. The smallest absolute Gasteiger partial charge is 0.305 e. The van der Waals surface area contributed by atoms with Crippen molar-refractivity contribution in [3.63, 3.8) is 0 Å². The van der Waals surface area contributed by atoms with Crippen LogP contribution in [-0.4, -0.2) is 4.98 Å². The highest BCUT2D eigenvalue weighted by Gasteiger charge is 2.19. The highest BCUT2D eigenvalue weighted by molar-refractivity contribution is 7.16. The fraction of sp³-hybridized carbons (Fsp3) is 0.417. The largest absolute Gasteiger partial charge is 0.312 e. The first-order valence-corrected chi connectivity index (χ1v) is 5.84. The minimum Gasteiger partial charge on any atom is -0.312 e. The summed E-state index contributed by atoms with van der Waals surface area (Å²) in [6.45, 7) is 8.53. The Balaban J connectivity index is 2.89. The second-order valence-electron chi connectivity index (χ2n) is 4.90. The molecule has 80 valence electrons. The van der Waals surface area contributed by atoms with Crippen LogP contribution in [0.1, 0.15) is 31.9 Å². The molecule has 0 radical (unpaired) electrons. The van der Waals surface area contributed by atoms with Crippen molar-refractivity contribution in [3.05, 3.63) is 32.9 Å². The highest BCUT2D eigenvalue weighted by atomic mass is 32.1. The van der Waals surface area contributed by atoms with Gasteiger partial charge < -0.3 is 4.98 Å². The van der Waals surface area contributed by atoms with Crippen LogP contribution >= 0.6 is 11.3 Å². The molecular formula is C12H15NOS. The lowest BCUT2D eigenvalue weighted by Crippen LogP contribution is -2.11. The Morgan fingerprint density at radius 3 is 2.53 bits per heavy atom. The third-order valence-corrected chi connectivity index (χ3v) is 3.51. The zero-order chi connectivity index (χ0) is 11.2. The predicted molar refractivity (Wildman–Crippen MR) is 65.9 cm³/mol. The fourth-order valence-electron chi connectivity index (χ4n) is 1.75. The molecule has 0 atom stereocenters. The van der Waals surface area contributed by atoms with E-state index in [1.165, 1.54) is 16.9 Å². The van der Waals surface area contributed by atoms with E-state index in [9.17, 15) is 4.79 Å². The maximum Gasteiger partial charge on any atom is 0.305 e. The number of thiazole rings is 1. The van der Waals surface area contributed by atoms with E-state index in [1.807, 2.05) is 6.92 Å². The molecule has 2 rings (SSSR count). The lowest BCUT2D eigenvalue weighted by Gasteiger charge is -2.19. The number of benzene rings is 1. The van der Waals surface area contributed by atoms with E-state index in [1.54, 1.807) is 0 Å². The summed E-state index contributed by atoms with van der Waals surface area (Å²) in [6, 6.07) is 4.20. The molecule has 1 heterocycles. The predicted octanol–water partition coefficient (Wildman–Crippen LogP) is 3.20. The van der Waals surface area contributed by atoms with Gasteiger partial charge in [-0.2, -0.15) is 0 Å². The summed E-state index contributed by atoms with van der Waals surface area (Å²) < 4.78 is 1.10. The summed E-state index contributed by atoms with van der Waals surface area (Å²) in [6.07, 6.45) is 0. The molecule has 2 aromatic rings. The molecule has 15 heavy (non-hydrogen) atoms. The number of aryl methyl sites for hydroxylation is 1. The molecule has 2 nitrogen and oxygen atoms in total. The quantitative estimate of drug-likeness (QED) is 0.728. The Bertz CT molecular complexity index is 557. The second-order valence-corrected chi connectivity index (χ2v) is 5.88. The Morgan fingerprint density at radius 2 is 1.93 bits per heavy atom. The number of H-pyrrole nitrogens is 1. The van der Waals surface area contributed by atoms with Crippen LogP contribution in [0.2, 0.25) is 0 Å². The Morgan fingerprint density at radius 1 is 1.27 bits per heavy atom. The van der Waals surface area contributed by atoms with Crippen LogP contribution in [0.15, 0.2) is 16.9 Å². The molecule has 0 saturated heterocycles. The maximum atomic E-state index is 11.4. The number of fused-ring (bicyclic) bond motifs is 1. The summed E-state index contributed by atoms with van der Waals surface area (Å²) in [5.41, 5.74) is 3.46. The van der Waals surface area contributed by atoms with Crippen LogP contribution in [0, 0.1) is 6.92 Å². The van der Waals surface area contributed by atoms with E-state index in [0.717, 1.165) is 15.8 Å². The lowest BCUT2D eigenvalue weighted by molar-refractivity contribution is 0.596. The van der Waals surface area contributed by atoms with Gasteiger partial charge in [-0.3, -0.25) is 4.79 Å².